The lowest BCUT2D eigenvalue weighted by molar-refractivity contribution is -0.384. The topological polar surface area (TPSA) is 116 Å². The molecule has 0 bridgehead atoms. The highest BCUT2D eigenvalue weighted by atomic mass is 16.6. The highest BCUT2D eigenvalue weighted by Gasteiger charge is 2.10. The largest absolute Gasteiger partial charge is 0.485 e. The van der Waals surface area contributed by atoms with Crippen molar-refractivity contribution in [1.29, 1.82) is 0 Å². The Labute approximate surface area is 121 Å². The molecule has 1 heterocycles. The number of anilines is 1. The molecule has 0 fully saturated rings. The summed E-state index contributed by atoms with van der Waals surface area (Å²) in [6.07, 6.45) is 0. The van der Waals surface area contributed by atoms with Crippen molar-refractivity contribution in [2.45, 2.75) is 20.5 Å². The number of nitrogens with zero attached hydrogens (tertiary/aromatic N) is 3. The van der Waals surface area contributed by atoms with Crippen molar-refractivity contribution in [2.75, 3.05) is 5.43 Å². The second-order valence-corrected chi connectivity index (χ2v) is 4.45. The number of nitro benzene ring substituents is 1. The number of hydrazine groups is 1. The third-order valence-corrected chi connectivity index (χ3v) is 2.77. The van der Waals surface area contributed by atoms with Crippen LogP contribution >= 0.6 is 0 Å². The van der Waals surface area contributed by atoms with Gasteiger partial charge in [0.25, 0.3) is 5.69 Å². The van der Waals surface area contributed by atoms with E-state index in [-0.39, 0.29) is 12.3 Å². The Kier molecular flexibility index (Phi) is 4.29. The van der Waals surface area contributed by atoms with E-state index in [1.165, 1.54) is 12.1 Å². The SMILES string of the molecule is Cc1cc(NN)nc(COc2ccc([N+](=O)[O-])cc2C)n1. The molecule has 1 aromatic heterocycles. The van der Waals surface area contributed by atoms with Gasteiger partial charge in [0.15, 0.2) is 5.82 Å². The van der Waals surface area contributed by atoms with Crippen LogP contribution in [0.5, 0.6) is 5.75 Å². The van der Waals surface area contributed by atoms with Crippen LogP contribution in [0.15, 0.2) is 24.3 Å². The first-order valence-corrected chi connectivity index (χ1v) is 6.18. The number of aryl methyl sites for hydroxylation is 2. The first kappa shape index (κ1) is 14.7. The number of ether oxygens (including phenoxy) is 1. The summed E-state index contributed by atoms with van der Waals surface area (Å²) in [5.74, 6) is 6.84. The van der Waals surface area contributed by atoms with Crippen LogP contribution in [0, 0.1) is 24.0 Å². The van der Waals surface area contributed by atoms with E-state index in [0.29, 0.717) is 23.0 Å². The number of rotatable bonds is 5. The Morgan fingerprint density at radius 1 is 1.33 bits per heavy atom. The van der Waals surface area contributed by atoms with Gasteiger partial charge >= 0.3 is 0 Å². The van der Waals surface area contributed by atoms with E-state index in [9.17, 15) is 10.1 Å². The summed E-state index contributed by atoms with van der Waals surface area (Å²) in [6, 6.07) is 6.12. The number of hydrogen-bond acceptors (Lipinski definition) is 7. The molecule has 8 heteroatoms. The number of aromatic nitrogens is 2. The van der Waals surface area contributed by atoms with Crippen LogP contribution in [0.2, 0.25) is 0 Å². The van der Waals surface area contributed by atoms with E-state index >= 15 is 0 Å². The second kappa shape index (κ2) is 6.14. The van der Waals surface area contributed by atoms with Crippen LogP contribution in [-0.4, -0.2) is 14.9 Å². The zero-order valence-electron chi connectivity index (χ0n) is 11.7. The number of nitro groups is 1. The molecule has 0 saturated heterocycles. The monoisotopic (exact) mass is 289 g/mol. The first-order valence-electron chi connectivity index (χ1n) is 6.18. The summed E-state index contributed by atoms with van der Waals surface area (Å²) >= 11 is 0. The van der Waals surface area contributed by atoms with Crippen LogP contribution in [0.1, 0.15) is 17.1 Å². The molecule has 0 spiro atoms. The quantitative estimate of drug-likeness (QED) is 0.490. The molecule has 3 N–H and O–H groups in total. The minimum absolute atomic E-state index is 0.0290. The number of benzene rings is 1. The first-order chi connectivity index (χ1) is 9.99. The van der Waals surface area contributed by atoms with Crippen molar-refractivity contribution in [1.82, 2.24) is 9.97 Å². The number of non-ortho nitro benzene ring substituents is 1. The minimum atomic E-state index is -0.445. The summed E-state index contributed by atoms with van der Waals surface area (Å²) in [7, 11) is 0. The lowest BCUT2D eigenvalue weighted by Crippen LogP contribution is -2.12. The van der Waals surface area contributed by atoms with Gasteiger partial charge in [-0.3, -0.25) is 10.1 Å². The van der Waals surface area contributed by atoms with E-state index in [2.05, 4.69) is 15.4 Å². The Balaban J connectivity index is 2.13. The van der Waals surface area contributed by atoms with Gasteiger partial charge in [-0.25, -0.2) is 15.8 Å². The maximum absolute atomic E-state index is 10.7. The fourth-order valence-electron chi connectivity index (χ4n) is 1.82. The lowest BCUT2D eigenvalue weighted by atomic mass is 10.2. The molecule has 0 unspecified atom stereocenters. The fraction of sp³-hybridized carbons (Fsp3) is 0.231. The number of nitrogens with two attached hydrogens (primary N) is 1. The molecular formula is C13H15N5O3. The summed E-state index contributed by atoms with van der Waals surface area (Å²) < 4.78 is 5.60. The number of nitrogen functional groups attached to an aromatic ring is 1. The van der Waals surface area contributed by atoms with Crippen molar-refractivity contribution >= 4 is 11.5 Å². The van der Waals surface area contributed by atoms with Gasteiger partial charge in [-0.05, 0) is 25.5 Å². The molecule has 0 atom stereocenters. The van der Waals surface area contributed by atoms with Crippen molar-refractivity contribution in [2.24, 2.45) is 5.84 Å². The standard InChI is InChI=1S/C13H15N5O3/c1-8-5-10(18(19)20)3-4-11(8)21-7-13-15-9(2)6-12(16-13)17-14/h3-6H,7,14H2,1-2H3,(H,15,16,17). The van der Waals surface area contributed by atoms with Gasteiger partial charge in [0, 0.05) is 23.9 Å². The molecule has 0 aliphatic carbocycles. The Bertz CT molecular complexity index is 675. The average molecular weight is 289 g/mol. The summed E-state index contributed by atoms with van der Waals surface area (Å²) in [6.45, 7) is 3.71. The number of nitrogens with one attached hydrogen (secondary N) is 1. The molecule has 21 heavy (non-hydrogen) atoms. The fourth-order valence-corrected chi connectivity index (χ4v) is 1.82. The van der Waals surface area contributed by atoms with E-state index in [0.717, 1.165) is 5.69 Å². The molecule has 0 saturated carbocycles. The van der Waals surface area contributed by atoms with Gasteiger partial charge in [-0.1, -0.05) is 0 Å². The van der Waals surface area contributed by atoms with Gasteiger partial charge in [0.1, 0.15) is 18.2 Å². The minimum Gasteiger partial charge on any atom is -0.485 e. The van der Waals surface area contributed by atoms with Crippen LogP contribution in [0.3, 0.4) is 0 Å². The molecule has 0 aliphatic heterocycles. The van der Waals surface area contributed by atoms with Gasteiger partial charge in [0.05, 0.1) is 4.92 Å². The van der Waals surface area contributed by atoms with E-state index in [1.54, 1.807) is 19.1 Å². The Hall–Kier alpha value is -2.74. The predicted octanol–water partition coefficient (Wildman–Crippen LogP) is 1.87. The molecule has 0 radical (unpaired) electrons. The van der Waals surface area contributed by atoms with Crippen LogP contribution in [-0.2, 0) is 6.61 Å². The maximum Gasteiger partial charge on any atom is 0.269 e. The smallest absolute Gasteiger partial charge is 0.269 e. The Morgan fingerprint density at radius 3 is 2.71 bits per heavy atom. The summed E-state index contributed by atoms with van der Waals surface area (Å²) in [5, 5.41) is 10.7. The van der Waals surface area contributed by atoms with Crippen molar-refractivity contribution in [3.63, 3.8) is 0 Å². The highest BCUT2D eigenvalue weighted by molar-refractivity contribution is 5.43. The summed E-state index contributed by atoms with van der Waals surface area (Å²) in [5.41, 5.74) is 3.92. The van der Waals surface area contributed by atoms with E-state index < -0.39 is 4.92 Å². The van der Waals surface area contributed by atoms with E-state index in [1.807, 2.05) is 6.92 Å². The maximum atomic E-state index is 10.7. The zero-order valence-corrected chi connectivity index (χ0v) is 11.7. The van der Waals surface area contributed by atoms with Gasteiger partial charge in [-0.15, -0.1) is 0 Å². The average Bonchev–Trinajstić information content (AvgIpc) is 2.45. The van der Waals surface area contributed by atoms with Gasteiger partial charge in [-0.2, -0.15) is 0 Å². The molecule has 110 valence electrons. The van der Waals surface area contributed by atoms with Crippen LogP contribution in [0.4, 0.5) is 11.5 Å². The highest BCUT2D eigenvalue weighted by Crippen LogP contribution is 2.23. The molecule has 0 amide bonds. The third-order valence-electron chi connectivity index (χ3n) is 2.77. The van der Waals surface area contributed by atoms with Crippen LogP contribution in [0.25, 0.3) is 0 Å². The zero-order chi connectivity index (χ0) is 15.4. The molecule has 1 aromatic carbocycles. The van der Waals surface area contributed by atoms with Crippen molar-refractivity contribution < 1.29 is 9.66 Å². The molecule has 2 aromatic rings. The van der Waals surface area contributed by atoms with Crippen LogP contribution < -0.4 is 16.0 Å². The van der Waals surface area contributed by atoms with E-state index in [4.69, 9.17) is 10.6 Å². The number of hydrogen-bond donors (Lipinski definition) is 2. The third kappa shape index (κ3) is 3.63. The van der Waals surface area contributed by atoms with Crippen molar-refractivity contribution in [3.05, 3.63) is 51.5 Å². The predicted molar refractivity (Wildman–Crippen MR) is 76.7 cm³/mol. The Morgan fingerprint density at radius 2 is 2.10 bits per heavy atom. The molecule has 2 rings (SSSR count). The lowest BCUT2D eigenvalue weighted by Gasteiger charge is -2.09. The normalized spacial score (nSPS) is 10.2. The summed E-state index contributed by atoms with van der Waals surface area (Å²) in [4.78, 5) is 18.6. The molecular weight excluding hydrogens is 274 g/mol. The van der Waals surface area contributed by atoms with Gasteiger partial charge in [0.2, 0.25) is 0 Å². The van der Waals surface area contributed by atoms with Crippen molar-refractivity contribution in [3.8, 4) is 5.75 Å². The van der Waals surface area contributed by atoms with Gasteiger partial charge < -0.3 is 10.2 Å². The molecule has 8 nitrogen and oxygen atoms in total. The molecule has 0 aliphatic rings. The second-order valence-electron chi connectivity index (χ2n) is 4.45.